The summed E-state index contributed by atoms with van der Waals surface area (Å²) < 4.78 is 47.0. The Hall–Kier alpha value is -3.93. The van der Waals surface area contributed by atoms with E-state index in [4.69, 9.17) is 4.74 Å². The number of alkyl halides is 3. The van der Waals surface area contributed by atoms with Crippen LogP contribution in [0.2, 0.25) is 0 Å². The Labute approximate surface area is 199 Å². The van der Waals surface area contributed by atoms with Crippen LogP contribution in [-0.4, -0.2) is 46.2 Å². The van der Waals surface area contributed by atoms with Gasteiger partial charge in [0.2, 0.25) is 5.95 Å². The predicted octanol–water partition coefficient (Wildman–Crippen LogP) is 4.06. The lowest BCUT2D eigenvalue weighted by atomic mass is 10.1. The van der Waals surface area contributed by atoms with Crippen LogP contribution in [0.4, 0.5) is 29.3 Å². The first-order valence-electron chi connectivity index (χ1n) is 10.6. The van der Waals surface area contributed by atoms with Crippen LogP contribution in [0, 0.1) is 6.92 Å². The van der Waals surface area contributed by atoms with E-state index in [1.165, 1.54) is 35.2 Å². The van der Waals surface area contributed by atoms with E-state index in [1.807, 2.05) is 0 Å². The first kappa shape index (κ1) is 25.7. The molecule has 0 saturated heterocycles. The molecule has 35 heavy (non-hydrogen) atoms. The van der Waals surface area contributed by atoms with Crippen LogP contribution in [0.25, 0.3) is 5.95 Å². The van der Waals surface area contributed by atoms with Crippen LogP contribution >= 0.6 is 0 Å². The highest BCUT2D eigenvalue weighted by molar-refractivity contribution is 6.00. The van der Waals surface area contributed by atoms with Gasteiger partial charge in [0.1, 0.15) is 5.75 Å². The molecular weight excluding hydrogens is 465 g/mol. The number of rotatable bonds is 7. The number of amides is 2. The van der Waals surface area contributed by atoms with Crippen LogP contribution in [-0.2, 0) is 12.7 Å². The molecule has 0 bridgehead atoms. The Morgan fingerprint density at radius 2 is 1.91 bits per heavy atom. The fourth-order valence-corrected chi connectivity index (χ4v) is 3.26. The maximum absolute atomic E-state index is 13.5. The lowest BCUT2D eigenvalue weighted by Gasteiger charge is -2.18. The number of carbonyl (C=O) groups is 1. The lowest BCUT2D eigenvalue weighted by Crippen LogP contribution is -2.23. The maximum atomic E-state index is 13.5. The highest BCUT2D eigenvalue weighted by Crippen LogP contribution is 2.34. The number of pyridine rings is 1. The van der Waals surface area contributed by atoms with Crippen molar-refractivity contribution < 1.29 is 22.7 Å². The molecule has 2 aromatic heterocycles. The zero-order valence-electron chi connectivity index (χ0n) is 19.6. The predicted molar refractivity (Wildman–Crippen MR) is 125 cm³/mol. The van der Waals surface area contributed by atoms with Gasteiger partial charge in [-0.05, 0) is 51.7 Å². The average Bonchev–Trinajstić information content (AvgIpc) is 2.75. The minimum absolute atomic E-state index is 0.0199. The number of anilines is 2. The highest BCUT2D eigenvalue weighted by Gasteiger charge is 2.33. The summed E-state index contributed by atoms with van der Waals surface area (Å²) in [5.74, 6) is 0.511. The topological polar surface area (TPSA) is 101 Å². The number of aromatic nitrogens is 3. The normalized spacial score (nSPS) is 11.4. The van der Waals surface area contributed by atoms with Gasteiger partial charge in [-0.2, -0.15) is 13.2 Å². The average molecular weight is 490 g/mol. The molecule has 12 heteroatoms. The molecule has 2 amide bonds. The van der Waals surface area contributed by atoms with E-state index in [2.05, 4.69) is 20.6 Å². The molecule has 1 aromatic carbocycles. The summed E-state index contributed by atoms with van der Waals surface area (Å²) in [4.78, 5) is 34.7. The van der Waals surface area contributed by atoms with Crippen molar-refractivity contribution in [1.29, 1.82) is 0 Å². The van der Waals surface area contributed by atoms with Crippen molar-refractivity contribution in [3.63, 3.8) is 0 Å². The number of benzene rings is 1. The van der Waals surface area contributed by atoms with Gasteiger partial charge in [-0.1, -0.05) is 6.07 Å². The monoisotopic (exact) mass is 490 g/mol. The Kier molecular flexibility index (Phi) is 7.75. The fourth-order valence-electron chi connectivity index (χ4n) is 3.26. The second-order valence-electron chi connectivity index (χ2n) is 7.86. The number of hydrogen-bond donors (Lipinski definition) is 2. The number of halogens is 3. The van der Waals surface area contributed by atoms with Crippen molar-refractivity contribution in [2.24, 2.45) is 0 Å². The standard InChI is InChI=1S/C23H25F3N6O3/c1-5-35-17-8-9-32(20(33)11-17)21-27-12-19(14(2)28-21)30-22(34)29-16-7-6-15(13-31(3)4)18(10-16)23(24,25)26/h6-12H,5,13H2,1-4H3,(H2,29,30,34). The van der Waals surface area contributed by atoms with E-state index in [-0.39, 0.29) is 29.4 Å². The van der Waals surface area contributed by atoms with E-state index in [0.717, 1.165) is 6.07 Å². The summed E-state index contributed by atoms with van der Waals surface area (Å²) in [5.41, 5.74) is -0.569. The van der Waals surface area contributed by atoms with Gasteiger partial charge in [-0.15, -0.1) is 0 Å². The summed E-state index contributed by atoms with van der Waals surface area (Å²) in [6.45, 7) is 3.91. The summed E-state index contributed by atoms with van der Waals surface area (Å²) in [5, 5.41) is 4.91. The number of hydrogen-bond acceptors (Lipinski definition) is 6. The third-order valence-corrected chi connectivity index (χ3v) is 4.79. The van der Waals surface area contributed by atoms with E-state index in [1.54, 1.807) is 38.9 Å². The molecule has 9 nitrogen and oxygen atoms in total. The van der Waals surface area contributed by atoms with Gasteiger partial charge in [-0.25, -0.2) is 14.8 Å². The van der Waals surface area contributed by atoms with Crippen LogP contribution in [0.15, 0.2) is 47.5 Å². The summed E-state index contributed by atoms with van der Waals surface area (Å²) in [7, 11) is 3.34. The molecule has 3 rings (SSSR count). The second kappa shape index (κ2) is 10.6. The van der Waals surface area contributed by atoms with Crippen molar-refractivity contribution >= 4 is 17.4 Å². The van der Waals surface area contributed by atoms with E-state index in [9.17, 15) is 22.8 Å². The van der Waals surface area contributed by atoms with Crippen LogP contribution in [0.1, 0.15) is 23.7 Å². The zero-order valence-corrected chi connectivity index (χ0v) is 19.6. The molecule has 2 N–H and O–H groups in total. The molecule has 0 unspecified atom stereocenters. The fraction of sp³-hybridized carbons (Fsp3) is 0.304. The first-order chi connectivity index (χ1) is 16.5. The highest BCUT2D eigenvalue weighted by atomic mass is 19.4. The largest absolute Gasteiger partial charge is 0.494 e. The van der Waals surface area contributed by atoms with Crippen molar-refractivity contribution in [3.8, 4) is 11.7 Å². The van der Waals surface area contributed by atoms with Gasteiger partial charge < -0.3 is 20.3 Å². The number of aryl methyl sites for hydroxylation is 1. The summed E-state index contributed by atoms with van der Waals surface area (Å²) >= 11 is 0. The molecule has 3 aromatic rings. The molecule has 2 heterocycles. The van der Waals surface area contributed by atoms with Gasteiger partial charge in [0.15, 0.2) is 0 Å². The zero-order chi connectivity index (χ0) is 25.8. The number of nitrogens with one attached hydrogen (secondary N) is 2. The van der Waals surface area contributed by atoms with E-state index >= 15 is 0 Å². The smallest absolute Gasteiger partial charge is 0.416 e. The summed E-state index contributed by atoms with van der Waals surface area (Å²) in [6.07, 6.45) is -1.79. The Balaban J connectivity index is 1.76. The van der Waals surface area contributed by atoms with Crippen LogP contribution in [0.3, 0.4) is 0 Å². The maximum Gasteiger partial charge on any atom is 0.416 e. The third-order valence-electron chi connectivity index (χ3n) is 4.79. The number of carbonyl (C=O) groups excluding carboxylic acids is 1. The number of urea groups is 1. The third kappa shape index (κ3) is 6.57. The molecular formula is C23H25F3N6O3. The van der Waals surface area contributed by atoms with Crippen LogP contribution < -0.4 is 20.9 Å². The van der Waals surface area contributed by atoms with Crippen LogP contribution in [0.5, 0.6) is 5.75 Å². The molecule has 0 aliphatic carbocycles. The quantitative estimate of drug-likeness (QED) is 0.518. The van der Waals surface area contributed by atoms with Crippen molar-refractivity contribution in [2.75, 3.05) is 31.3 Å². The molecule has 0 fully saturated rings. The second-order valence-corrected chi connectivity index (χ2v) is 7.86. The van der Waals surface area contributed by atoms with Gasteiger partial charge in [0, 0.05) is 24.5 Å². The molecule has 0 aliphatic heterocycles. The van der Waals surface area contributed by atoms with Gasteiger partial charge in [0.05, 0.1) is 29.7 Å². The Morgan fingerprint density at radius 3 is 2.51 bits per heavy atom. The van der Waals surface area contributed by atoms with Gasteiger partial charge in [0.25, 0.3) is 5.56 Å². The van der Waals surface area contributed by atoms with E-state index < -0.39 is 23.3 Å². The van der Waals surface area contributed by atoms with Gasteiger partial charge in [-0.3, -0.25) is 9.36 Å². The molecule has 186 valence electrons. The Bertz CT molecular complexity index is 1270. The molecule has 0 saturated carbocycles. The SMILES string of the molecule is CCOc1ccn(-c2ncc(NC(=O)Nc3ccc(CN(C)C)c(C(F)(F)F)c3)c(C)n2)c(=O)c1. The lowest BCUT2D eigenvalue weighted by molar-refractivity contribution is -0.138. The minimum Gasteiger partial charge on any atom is -0.494 e. The van der Waals surface area contributed by atoms with Crippen molar-refractivity contribution in [2.45, 2.75) is 26.6 Å². The Morgan fingerprint density at radius 1 is 1.17 bits per heavy atom. The molecule has 0 atom stereocenters. The minimum atomic E-state index is -4.57. The van der Waals surface area contributed by atoms with Crippen molar-refractivity contribution in [3.05, 3.63) is 69.9 Å². The molecule has 0 radical (unpaired) electrons. The molecule has 0 spiro atoms. The van der Waals surface area contributed by atoms with E-state index in [0.29, 0.717) is 18.1 Å². The number of nitrogens with zero attached hydrogens (tertiary/aromatic N) is 4. The van der Waals surface area contributed by atoms with Gasteiger partial charge >= 0.3 is 12.2 Å². The first-order valence-corrected chi connectivity index (χ1v) is 10.6. The molecule has 0 aliphatic rings. The summed E-state index contributed by atoms with van der Waals surface area (Å²) in [6, 6.07) is 5.76. The number of ether oxygens (including phenoxy) is 1. The van der Waals surface area contributed by atoms with Crippen molar-refractivity contribution in [1.82, 2.24) is 19.4 Å².